The number of benzene rings is 2. The highest BCUT2D eigenvalue weighted by atomic mass is 19.1. The molecule has 30 heavy (non-hydrogen) atoms. The molecule has 2 aromatic carbocycles. The summed E-state index contributed by atoms with van der Waals surface area (Å²) in [4.78, 5) is 26.3. The molecule has 9 heteroatoms. The number of primary amides is 1. The quantitative estimate of drug-likeness (QED) is 0.698. The van der Waals surface area contributed by atoms with Crippen LogP contribution in [-0.4, -0.2) is 33.2 Å². The first-order valence-electron chi connectivity index (χ1n) is 9.18. The molecule has 1 aliphatic rings. The summed E-state index contributed by atoms with van der Waals surface area (Å²) >= 11 is 0. The first kappa shape index (κ1) is 19.1. The maximum Gasteiger partial charge on any atom is 0.315 e. The minimum absolute atomic E-state index is 0.110. The van der Waals surface area contributed by atoms with Crippen LogP contribution in [0.2, 0.25) is 0 Å². The summed E-state index contributed by atoms with van der Waals surface area (Å²) in [6.07, 6.45) is 0. The molecule has 0 bridgehead atoms. The van der Waals surface area contributed by atoms with Crippen LogP contribution in [0.1, 0.15) is 21.6 Å². The lowest BCUT2D eigenvalue weighted by atomic mass is 10.0. The van der Waals surface area contributed by atoms with Gasteiger partial charge in [-0.2, -0.15) is 10.4 Å². The molecule has 3 aromatic rings. The Kier molecular flexibility index (Phi) is 4.90. The zero-order valence-electron chi connectivity index (χ0n) is 15.8. The lowest BCUT2D eigenvalue weighted by molar-refractivity contribution is 0.102. The van der Waals surface area contributed by atoms with Crippen LogP contribution >= 0.6 is 0 Å². The Balaban J connectivity index is 1.79. The minimum Gasteiger partial charge on any atom is -0.351 e. The number of amides is 3. The van der Waals surface area contributed by atoms with Gasteiger partial charge in [0, 0.05) is 17.8 Å². The van der Waals surface area contributed by atoms with Crippen molar-refractivity contribution in [1.29, 1.82) is 5.26 Å². The smallest absolute Gasteiger partial charge is 0.315 e. The number of fused-ring (bicyclic) bond motifs is 1. The molecular weight excluding hydrogens is 387 g/mol. The Labute approximate surface area is 171 Å². The van der Waals surface area contributed by atoms with E-state index in [-0.39, 0.29) is 12.1 Å². The van der Waals surface area contributed by atoms with E-state index in [9.17, 15) is 14.0 Å². The van der Waals surface area contributed by atoms with Crippen molar-refractivity contribution in [1.82, 2.24) is 14.7 Å². The van der Waals surface area contributed by atoms with E-state index in [0.717, 1.165) is 0 Å². The number of carbonyl (C=O) groups is 2. The molecule has 4 rings (SSSR count). The molecule has 0 fully saturated rings. The molecule has 8 nitrogen and oxygen atoms in total. The lowest BCUT2D eigenvalue weighted by Gasteiger charge is -2.26. The van der Waals surface area contributed by atoms with Crippen LogP contribution in [0, 0.1) is 17.1 Å². The average Bonchev–Trinajstić information content (AvgIpc) is 3.12. The van der Waals surface area contributed by atoms with Crippen LogP contribution in [0.15, 0.2) is 48.5 Å². The van der Waals surface area contributed by atoms with E-state index in [1.54, 1.807) is 35.0 Å². The van der Waals surface area contributed by atoms with Crippen molar-refractivity contribution < 1.29 is 14.0 Å². The average molecular weight is 404 g/mol. The first-order valence-corrected chi connectivity index (χ1v) is 9.18. The molecule has 0 radical (unpaired) electrons. The molecule has 0 spiro atoms. The van der Waals surface area contributed by atoms with Gasteiger partial charge in [0.05, 0.1) is 36.0 Å². The number of hydrogen-bond donors (Lipinski definition) is 2. The van der Waals surface area contributed by atoms with E-state index in [1.807, 2.05) is 6.07 Å². The van der Waals surface area contributed by atoms with Crippen LogP contribution in [0.25, 0.3) is 11.3 Å². The van der Waals surface area contributed by atoms with Crippen molar-refractivity contribution in [2.24, 2.45) is 5.73 Å². The van der Waals surface area contributed by atoms with E-state index in [1.165, 1.54) is 23.1 Å². The molecule has 3 N–H and O–H groups in total. The van der Waals surface area contributed by atoms with Crippen molar-refractivity contribution in [3.63, 3.8) is 0 Å². The monoisotopic (exact) mass is 404 g/mol. The fourth-order valence-corrected chi connectivity index (χ4v) is 3.44. The van der Waals surface area contributed by atoms with Crippen LogP contribution in [-0.2, 0) is 13.1 Å². The second-order valence-electron chi connectivity index (χ2n) is 6.81. The van der Waals surface area contributed by atoms with Crippen LogP contribution in [0.3, 0.4) is 0 Å². The number of aromatic nitrogens is 2. The van der Waals surface area contributed by atoms with Gasteiger partial charge in [-0.1, -0.05) is 18.2 Å². The molecule has 0 saturated carbocycles. The van der Waals surface area contributed by atoms with E-state index in [2.05, 4.69) is 10.4 Å². The van der Waals surface area contributed by atoms with Gasteiger partial charge in [0.25, 0.3) is 5.91 Å². The Hall–Kier alpha value is -4.19. The van der Waals surface area contributed by atoms with Gasteiger partial charge in [-0.05, 0) is 30.3 Å². The largest absolute Gasteiger partial charge is 0.351 e. The third-order valence-corrected chi connectivity index (χ3v) is 4.87. The second-order valence-corrected chi connectivity index (χ2v) is 6.81. The molecule has 3 amide bonds. The molecule has 0 aliphatic carbocycles. The van der Waals surface area contributed by atoms with Crippen molar-refractivity contribution in [2.45, 2.75) is 13.1 Å². The Morgan fingerprint density at radius 2 is 1.97 bits per heavy atom. The number of rotatable bonds is 3. The highest BCUT2D eigenvalue weighted by Crippen LogP contribution is 2.29. The molecule has 2 heterocycles. The third kappa shape index (κ3) is 3.58. The molecule has 0 saturated heterocycles. The number of carbonyl (C=O) groups excluding carboxylic acids is 2. The van der Waals surface area contributed by atoms with Gasteiger partial charge in [0.1, 0.15) is 11.5 Å². The van der Waals surface area contributed by atoms with E-state index >= 15 is 0 Å². The topological polar surface area (TPSA) is 117 Å². The van der Waals surface area contributed by atoms with Crippen molar-refractivity contribution in [3.05, 3.63) is 71.2 Å². The molecule has 150 valence electrons. The summed E-state index contributed by atoms with van der Waals surface area (Å²) in [6, 6.07) is 13.7. The minimum atomic E-state index is -0.595. The Bertz CT molecular complexity index is 1200. The summed E-state index contributed by atoms with van der Waals surface area (Å²) in [5.41, 5.74) is 7.75. The Morgan fingerprint density at radius 1 is 1.17 bits per heavy atom. The first-order chi connectivity index (χ1) is 14.5. The van der Waals surface area contributed by atoms with E-state index in [4.69, 9.17) is 11.0 Å². The summed E-state index contributed by atoms with van der Waals surface area (Å²) < 4.78 is 15.5. The van der Waals surface area contributed by atoms with Crippen molar-refractivity contribution >= 4 is 17.6 Å². The predicted molar refractivity (Wildman–Crippen MR) is 107 cm³/mol. The SMILES string of the molecule is N#Cc1cccc(NC(=O)c2c(-c3cccc(F)c3)nn3c2CN(C(N)=O)CC3)c1. The van der Waals surface area contributed by atoms with Gasteiger partial charge < -0.3 is 16.0 Å². The number of nitrogens with one attached hydrogen (secondary N) is 1. The number of nitrogens with zero attached hydrogens (tertiary/aromatic N) is 4. The zero-order chi connectivity index (χ0) is 21.3. The predicted octanol–water partition coefficient (Wildman–Crippen LogP) is 2.71. The van der Waals surface area contributed by atoms with Crippen molar-refractivity contribution in [3.8, 4) is 17.3 Å². The standard InChI is InChI=1S/C21H17FN6O2/c22-15-5-2-4-14(10-15)19-18(17-12-27(21(24)30)7-8-28(17)26-19)20(29)25-16-6-1-3-13(9-16)11-23/h1-6,9-10H,7-8,12H2,(H2,24,30)(H,25,29). The summed E-state index contributed by atoms with van der Waals surface area (Å²) in [6.45, 7) is 0.828. The van der Waals surface area contributed by atoms with Gasteiger partial charge in [0.2, 0.25) is 0 Å². The van der Waals surface area contributed by atoms with Crippen LogP contribution in [0.5, 0.6) is 0 Å². The molecule has 1 aliphatic heterocycles. The van der Waals surface area contributed by atoms with Gasteiger partial charge >= 0.3 is 6.03 Å². The highest BCUT2D eigenvalue weighted by Gasteiger charge is 2.30. The number of anilines is 1. The summed E-state index contributed by atoms with van der Waals surface area (Å²) in [5, 5.41) is 16.4. The normalized spacial score (nSPS) is 12.7. The number of nitriles is 1. The maximum atomic E-state index is 13.8. The van der Waals surface area contributed by atoms with Gasteiger partial charge in [-0.3, -0.25) is 9.48 Å². The van der Waals surface area contributed by atoms with Gasteiger partial charge in [-0.25, -0.2) is 9.18 Å². The second kappa shape index (κ2) is 7.67. The van der Waals surface area contributed by atoms with Gasteiger partial charge in [-0.15, -0.1) is 0 Å². The molecular formula is C21H17FN6O2. The molecule has 0 atom stereocenters. The zero-order valence-corrected chi connectivity index (χ0v) is 15.8. The maximum absolute atomic E-state index is 13.8. The van der Waals surface area contributed by atoms with Crippen LogP contribution < -0.4 is 11.1 Å². The van der Waals surface area contributed by atoms with Crippen molar-refractivity contribution in [2.75, 3.05) is 11.9 Å². The van der Waals surface area contributed by atoms with Gasteiger partial charge in [0.15, 0.2) is 0 Å². The third-order valence-electron chi connectivity index (χ3n) is 4.87. The molecule has 1 aromatic heterocycles. The number of urea groups is 1. The summed E-state index contributed by atoms with van der Waals surface area (Å²) in [5.74, 6) is -0.928. The molecule has 0 unspecified atom stereocenters. The summed E-state index contributed by atoms with van der Waals surface area (Å²) in [7, 11) is 0. The highest BCUT2D eigenvalue weighted by molar-refractivity contribution is 6.09. The van der Waals surface area contributed by atoms with E-state index < -0.39 is 17.8 Å². The van der Waals surface area contributed by atoms with E-state index in [0.29, 0.717) is 41.3 Å². The van der Waals surface area contributed by atoms with Crippen LogP contribution in [0.4, 0.5) is 14.9 Å². The Morgan fingerprint density at radius 3 is 2.70 bits per heavy atom. The number of nitrogens with two attached hydrogens (primary N) is 1. The lowest BCUT2D eigenvalue weighted by Crippen LogP contribution is -2.42. The number of halogens is 1. The fourth-order valence-electron chi connectivity index (χ4n) is 3.44. The fraction of sp³-hybridized carbons (Fsp3) is 0.143. The number of hydrogen-bond acceptors (Lipinski definition) is 4.